The second-order valence-corrected chi connectivity index (χ2v) is 1.95. The van der Waals surface area contributed by atoms with E-state index in [2.05, 4.69) is 5.32 Å². The van der Waals surface area contributed by atoms with Crippen LogP contribution in [-0.4, -0.2) is 36.1 Å². The van der Waals surface area contributed by atoms with E-state index in [1.165, 1.54) is 0 Å². The molecule has 0 aliphatic rings. The molecule has 0 radical (unpaired) electrons. The van der Waals surface area contributed by atoms with E-state index in [4.69, 9.17) is 16.6 Å². The number of hydrogen-bond acceptors (Lipinski definition) is 4. The molecule has 0 aromatic carbocycles. The molecule has 0 saturated carbocycles. The fraction of sp³-hybridized carbons (Fsp3) is 0.600. The lowest BCUT2D eigenvalue weighted by Gasteiger charge is -2.06. The van der Waals surface area contributed by atoms with Crippen LogP contribution in [-0.2, 0) is 9.59 Å². The fourth-order valence-electron chi connectivity index (χ4n) is 0.383. The van der Waals surface area contributed by atoms with Crippen LogP contribution in [0.25, 0.3) is 0 Å². The second kappa shape index (κ2) is 4.64. The highest BCUT2D eigenvalue weighted by atomic mass is 16.4. The first-order valence-corrected chi connectivity index (χ1v) is 3.03. The van der Waals surface area contributed by atoms with Gasteiger partial charge in [-0.3, -0.25) is 9.59 Å². The van der Waals surface area contributed by atoms with Gasteiger partial charge in [0.1, 0.15) is 6.04 Å². The van der Waals surface area contributed by atoms with Gasteiger partial charge in [0.2, 0.25) is 5.91 Å². The SMILES string of the molecule is NCC(=O)NCC(N)C(=O)O. The minimum absolute atomic E-state index is 0.0919. The van der Waals surface area contributed by atoms with Crippen molar-refractivity contribution in [3.8, 4) is 0 Å². The van der Waals surface area contributed by atoms with Crippen molar-refractivity contribution in [2.75, 3.05) is 13.1 Å². The first-order chi connectivity index (χ1) is 5.07. The van der Waals surface area contributed by atoms with E-state index in [9.17, 15) is 9.59 Å². The first kappa shape index (κ1) is 9.86. The topological polar surface area (TPSA) is 118 Å². The van der Waals surface area contributed by atoms with Gasteiger partial charge >= 0.3 is 5.97 Å². The maximum atomic E-state index is 10.5. The largest absolute Gasteiger partial charge is 0.480 e. The van der Waals surface area contributed by atoms with Crippen molar-refractivity contribution < 1.29 is 14.7 Å². The zero-order valence-electron chi connectivity index (χ0n) is 5.91. The third kappa shape index (κ3) is 4.29. The van der Waals surface area contributed by atoms with Crippen LogP contribution >= 0.6 is 0 Å². The van der Waals surface area contributed by atoms with Gasteiger partial charge in [-0.1, -0.05) is 0 Å². The van der Waals surface area contributed by atoms with Crippen molar-refractivity contribution in [3.05, 3.63) is 0 Å². The number of carbonyl (C=O) groups excluding carboxylic acids is 1. The Morgan fingerprint density at radius 3 is 2.45 bits per heavy atom. The normalized spacial score (nSPS) is 12.2. The molecule has 0 heterocycles. The molecule has 6 N–H and O–H groups in total. The maximum absolute atomic E-state index is 10.5. The number of nitrogens with one attached hydrogen (secondary N) is 1. The molecule has 0 fully saturated rings. The summed E-state index contributed by atoms with van der Waals surface area (Å²) in [6, 6.07) is -1.06. The Kier molecular flexibility index (Phi) is 4.16. The van der Waals surface area contributed by atoms with Gasteiger partial charge in [0, 0.05) is 6.54 Å². The molecule has 0 bridgehead atoms. The lowest BCUT2D eigenvalue weighted by atomic mass is 10.3. The van der Waals surface area contributed by atoms with Gasteiger partial charge in [-0.25, -0.2) is 0 Å². The predicted molar refractivity (Wildman–Crippen MR) is 37.7 cm³/mol. The van der Waals surface area contributed by atoms with Gasteiger partial charge in [-0.2, -0.15) is 0 Å². The standard InChI is InChI=1S/C5H11N3O3/c6-1-4(9)8-2-3(7)5(10)11/h3H,1-2,6-7H2,(H,8,9)(H,10,11). The molecule has 0 aromatic rings. The van der Waals surface area contributed by atoms with Gasteiger partial charge in [0.15, 0.2) is 0 Å². The summed E-state index contributed by atoms with van der Waals surface area (Å²) >= 11 is 0. The molecular formula is C5H11N3O3. The summed E-state index contributed by atoms with van der Waals surface area (Å²) in [6.45, 7) is -0.252. The molecule has 1 unspecified atom stereocenters. The highest BCUT2D eigenvalue weighted by molar-refractivity contribution is 5.79. The number of aliphatic carboxylic acids is 1. The van der Waals surface area contributed by atoms with Gasteiger partial charge in [0.05, 0.1) is 6.54 Å². The Morgan fingerprint density at radius 1 is 1.55 bits per heavy atom. The summed E-state index contributed by atoms with van der Waals surface area (Å²) < 4.78 is 0. The van der Waals surface area contributed by atoms with Crippen molar-refractivity contribution in [1.82, 2.24) is 5.32 Å². The van der Waals surface area contributed by atoms with E-state index in [0.717, 1.165) is 0 Å². The molecular weight excluding hydrogens is 150 g/mol. The Bertz CT molecular complexity index is 159. The van der Waals surface area contributed by atoms with Gasteiger partial charge in [0.25, 0.3) is 0 Å². The lowest BCUT2D eigenvalue weighted by Crippen LogP contribution is -2.44. The molecule has 11 heavy (non-hydrogen) atoms. The smallest absolute Gasteiger partial charge is 0.322 e. The number of carboxylic acid groups (broad SMARTS) is 1. The van der Waals surface area contributed by atoms with Crippen LogP contribution in [0.1, 0.15) is 0 Å². The van der Waals surface area contributed by atoms with Crippen molar-refractivity contribution in [2.24, 2.45) is 11.5 Å². The minimum Gasteiger partial charge on any atom is -0.480 e. The number of hydrogen-bond donors (Lipinski definition) is 4. The minimum atomic E-state index is -1.15. The molecule has 0 aliphatic heterocycles. The number of carboxylic acids is 1. The summed E-state index contributed by atoms with van der Waals surface area (Å²) in [6.07, 6.45) is 0. The maximum Gasteiger partial charge on any atom is 0.322 e. The fourth-order valence-corrected chi connectivity index (χ4v) is 0.383. The molecule has 1 atom stereocenters. The monoisotopic (exact) mass is 161 g/mol. The van der Waals surface area contributed by atoms with Crippen LogP contribution in [0.4, 0.5) is 0 Å². The third-order valence-corrected chi connectivity index (χ3v) is 1.02. The van der Waals surface area contributed by atoms with Crippen LogP contribution in [0, 0.1) is 0 Å². The third-order valence-electron chi connectivity index (χ3n) is 1.02. The molecule has 0 spiro atoms. The molecule has 6 nitrogen and oxygen atoms in total. The van der Waals surface area contributed by atoms with Gasteiger partial charge in [-0.15, -0.1) is 0 Å². The first-order valence-electron chi connectivity index (χ1n) is 3.03. The van der Waals surface area contributed by atoms with E-state index in [0.29, 0.717) is 0 Å². The highest BCUT2D eigenvalue weighted by Crippen LogP contribution is 1.74. The second-order valence-electron chi connectivity index (χ2n) is 1.95. The molecule has 0 aromatic heterocycles. The summed E-state index contributed by atoms with van der Waals surface area (Å²) in [5, 5.41) is 10.5. The van der Waals surface area contributed by atoms with Crippen LogP contribution in [0.3, 0.4) is 0 Å². The number of carbonyl (C=O) groups is 2. The van der Waals surface area contributed by atoms with E-state index >= 15 is 0 Å². The average Bonchev–Trinajstić information content (AvgIpc) is 1.99. The van der Waals surface area contributed by atoms with Crippen molar-refractivity contribution in [1.29, 1.82) is 0 Å². The number of amides is 1. The molecule has 0 aliphatic carbocycles. The summed E-state index contributed by atoms with van der Waals surface area (Å²) in [7, 11) is 0. The lowest BCUT2D eigenvalue weighted by molar-refractivity contribution is -0.138. The van der Waals surface area contributed by atoms with Gasteiger partial charge < -0.3 is 21.9 Å². The van der Waals surface area contributed by atoms with E-state index in [1.807, 2.05) is 0 Å². The summed E-state index contributed by atoms with van der Waals surface area (Å²) in [5.41, 5.74) is 10.00. The van der Waals surface area contributed by atoms with E-state index in [-0.39, 0.29) is 13.1 Å². The van der Waals surface area contributed by atoms with Crippen LogP contribution in [0.2, 0.25) is 0 Å². The van der Waals surface area contributed by atoms with E-state index in [1.54, 1.807) is 0 Å². The van der Waals surface area contributed by atoms with E-state index < -0.39 is 17.9 Å². The van der Waals surface area contributed by atoms with Crippen molar-refractivity contribution in [2.45, 2.75) is 6.04 Å². The molecule has 0 rings (SSSR count). The molecule has 1 amide bonds. The Labute approximate surface area is 63.5 Å². The zero-order chi connectivity index (χ0) is 8.85. The van der Waals surface area contributed by atoms with Crippen LogP contribution in [0.15, 0.2) is 0 Å². The summed E-state index contributed by atoms with van der Waals surface area (Å²) in [4.78, 5) is 20.5. The molecule has 0 saturated heterocycles. The molecule has 64 valence electrons. The van der Waals surface area contributed by atoms with Crippen molar-refractivity contribution in [3.63, 3.8) is 0 Å². The number of rotatable bonds is 4. The van der Waals surface area contributed by atoms with Crippen LogP contribution < -0.4 is 16.8 Å². The average molecular weight is 161 g/mol. The zero-order valence-corrected chi connectivity index (χ0v) is 5.91. The Hall–Kier alpha value is -1.14. The van der Waals surface area contributed by atoms with Gasteiger partial charge in [-0.05, 0) is 0 Å². The Balaban J connectivity index is 3.54. The predicted octanol–water partition coefficient (Wildman–Crippen LogP) is -2.53. The summed E-state index contributed by atoms with van der Waals surface area (Å²) in [5.74, 6) is -1.57. The number of nitrogens with two attached hydrogens (primary N) is 2. The van der Waals surface area contributed by atoms with Crippen molar-refractivity contribution >= 4 is 11.9 Å². The Morgan fingerprint density at radius 2 is 2.09 bits per heavy atom. The highest BCUT2D eigenvalue weighted by Gasteiger charge is 2.11. The quantitative estimate of drug-likeness (QED) is 0.362. The van der Waals surface area contributed by atoms with Crippen LogP contribution in [0.5, 0.6) is 0 Å². The molecule has 6 heteroatoms.